The van der Waals surface area contributed by atoms with Crippen LogP contribution in [0.15, 0.2) is 0 Å². The highest BCUT2D eigenvalue weighted by Gasteiger charge is 2.44. The van der Waals surface area contributed by atoms with Crippen LogP contribution >= 0.6 is 0 Å². The van der Waals surface area contributed by atoms with Crippen LogP contribution in [0, 0.1) is 11.3 Å². The van der Waals surface area contributed by atoms with E-state index < -0.39 is 0 Å². The van der Waals surface area contributed by atoms with Crippen molar-refractivity contribution in [2.75, 3.05) is 7.05 Å². The number of rotatable bonds is 4. The summed E-state index contributed by atoms with van der Waals surface area (Å²) in [7, 11) is 2.04. The SMILES string of the molecule is CNC(C)CCC1CC1(C)C. The van der Waals surface area contributed by atoms with Crippen LogP contribution in [0.3, 0.4) is 0 Å². The van der Waals surface area contributed by atoms with Crippen LogP contribution in [-0.4, -0.2) is 13.1 Å². The fourth-order valence-electron chi connectivity index (χ4n) is 1.66. The predicted molar refractivity (Wildman–Crippen MR) is 49.6 cm³/mol. The fraction of sp³-hybridized carbons (Fsp3) is 1.00. The second-order valence-corrected chi connectivity index (χ2v) is 4.66. The Morgan fingerprint density at radius 3 is 2.45 bits per heavy atom. The van der Waals surface area contributed by atoms with Crippen molar-refractivity contribution in [3.8, 4) is 0 Å². The van der Waals surface area contributed by atoms with Crippen LogP contribution in [-0.2, 0) is 0 Å². The molecule has 2 unspecified atom stereocenters. The maximum absolute atomic E-state index is 3.28. The fourth-order valence-corrected chi connectivity index (χ4v) is 1.66. The van der Waals surface area contributed by atoms with Gasteiger partial charge >= 0.3 is 0 Å². The molecule has 1 saturated carbocycles. The lowest BCUT2D eigenvalue weighted by molar-refractivity contribution is 0.468. The highest BCUT2D eigenvalue weighted by atomic mass is 14.8. The molecule has 0 aliphatic heterocycles. The Labute approximate surface area is 70.6 Å². The second kappa shape index (κ2) is 3.14. The standard InChI is InChI=1S/C10H21N/c1-8(11-4)5-6-9-7-10(9,2)3/h8-9,11H,5-7H2,1-4H3. The van der Waals surface area contributed by atoms with E-state index in [4.69, 9.17) is 0 Å². The lowest BCUT2D eigenvalue weighted by Gasteiger charge is -2.09. The zero-order chi connectivity index (χ0) is 8.48. The third-order valence-electron chi connectivity index (χ3n) is 3.16. The Morgan fingerprint density at radius 1 is 1.55 bits per heavy atom. The van der Waals surface area contributed by atoms with Crippen molar-refractivity contribution in [1.82, 2.24) is 5.32 Å². The van der Waals surface area contributed by atoms with Crippen molar-refractivity contribution in [2.24, 2.45) is 11.3 Å². The molecule has 0 aromatic heterocycles. The van der Waals surface area contributed by atoms with Gasteiger partial charge in [-0.3, -0.25) is 0 Å². The smallest absolute Gasteiger partial charge is 0.00358 e. The first-order valence-electron chi connectivity index (χ1n) is 4.73. The van der Waals surface area contributed by atoms with E-state index >= 15 is 0 Å². The molecule has 0 radical (unpaired) electrons. The monoisotopic (exact) mass is 155 g/mol. The molecule has 0 heterocycles. The maximum Gasteiger partial charge on any atom is 0.00358 e. The summed E-state index contributed by atoms with van der Waals surface area (Å²) in [6.07, 6.45) is 4.20. The van der Waals surface area contributed by atoms with E-state index in [1.807, 2.05) is 7.05 Å². The first-order chi connectivity index (χ1) is 5.06. The van der Waals surface area contributed by atoms with Gasteiger partial charge in [0, 0.05) is 6.04 Å². The summed E-state index contributed by atoms with van der Waals surface area (Å²) in [4.78, 5) is 0. The normalized spacial score (nSPS) is 30.0. The Bertz CT molecular complexity index is 129. The molecule has 0 aromatic carbocycles. The van der Waals surface area contributed by atoms with E-state index in [0.29, 0.717) is 11.5 Å². The van der Waals surface area contributed by atoms with Crippen LogP contribution in [0.5, 0.6) is 0 Å². The zero-order valence-corrected chi connectivity index (χ0v) is 8.28. The summed E-state index contributed by atoms with van der Waals surface area (Å²) in [6, 6.07) is 0.700. The van der Waals surface area contributed by atoms with Crippen LogP contribution in [0.4, 0.5) is 0 Å². The molecule has 1 rings (SSSR count). The average Bonchev–Trinajstić information content (AvgIpc) is 2.54. The maximum atomic E-state index is 3.28. The molecule has 1 N–H and O–H groups in total. The molecule has 0 saturated heterocycles. The molecule has 1 heteroatoms. The third-order valence-corrected chi connectivity index (χ3v) is 3.16. The molecular formula is C10H21N. The van der Waals surface area contributed by atoms with Gasteiger partial charge in [0.15, 0.2) is 0 Å². The van der Waals surface area contributed by atoms with Crippen LogP contribution < -0.4 is 5.32 Å². The van der Waals surface area contributed by atoms with Gasteiger partial charge in [-0.2, -0.15) is 0 Å². The second-order valence-electron chi connectivity index (χ2n) is 4.66. The molecule has 66 valence electrons. The summed E-state index contributed by atoms with van der Waals surface area (Å²) in [5, 5.41) is 3.28. The van der Waals surface area contributed by atoms with Crippen molar-refractivity contribution in [1.29, 1.82) is 0 Å². The minimum atomic E-state index is 0.674. The molecular weight excluding hydrogens is 134 g/mol. The molecule has 1 aliphatic rings. The molecule has 0 spiro atoms. The van der Waals surface area contributed by atoms with E-state index in [1.54, 1.807) is 0 Å². The van der Waals surface area contributed by atoms with E-state index in [1.165, 1.54) is 19.3 Å². The average molecular weight is 155 g/mol. The van der Waals surface area contributed by atoms with Crippen molar-refractivity contribution < 1.29 is 0 Å². The Morgan fingerprint density at radius 2 is 2.09 bits per heavy atom. The van der Waals surface area contributed by atoms with E-state index in [0.717, 1.165) is 5.92 Å². The lowest BCUT2D eigenvalue weighted by Crippen LogP contribution is -2.21. The zero-order valence-electron chi connectivity index (χ0n) is 8.28. The van der Waals surface area contributed by atoms with Crippen molar-refractivity contribution in [2.45, 2.75) is 46.1 Å². The summed E-state index contributed by atoms with van der Waals surface area (Å²) >= 11 is 0. The molecule has 1 aliphatic carbocycles. The number of hydrogen-bond donors (Lipinski definition) is 1. The van der Waals surface area contributed by atoms with Gasteiger partial charge < -0.3 is 5.32 Å². The number of nitrogens with one attached hydrogen (secondary N) is 1. The van der Waals surface area contributed by atoms with Crippen LogP contribution in [0.25, 0.3) is 0 Å². The van der Waals surface area contributed by atoms with Gasteiger partial charge in [0.2, 0.25) is 0 Å². The van der Waals surface area contributed by atoms with E-state index in [9.17, 15) is 0 Å². The topological polar surface area (TPSA) is 12.0 Å². The van der Waals surface area contributed by atoms with E-state index in [-0.39, 0.29) is 0 Å². The van der Waals surface area contributed by atoms with Gasteiger partial charge in [0.1, 0.15) is 0 Å². The first kappa shape index (κ1) is 9.05. The molecule has 2 atom stereocenters. The van der Waals surface area contributed by atoms with Gasteiger partial charge in [-0.05, 0) is 44.6 Å². The van der Waals surface area contributed by atoms with Crippen molar-refractivity contribution >= 4 is 0 Å². The Hall–Kier alpha value is -0.0400. The van der Waals surface area contributed by atoms with Gasteiger partial charge in [-0.1, -0.05) is 13.8 Å². The highest BCUT2D eigenvalue weighted by molar-refractivity contribution is 4.94. The predicted octanol–water partition coefficient (Wildman–Crippen LogP) is 2.42. The summed E-state index contributed by atoms with van der Waals surface area (Å²) in [5.41, 5.74) is 0.674. The summed E-state index contributed by atoms with van der Waals surface area (Å²) in [5.74, 6) is 1.01. The molecule has 0 amide bonds. The third kappa shape index (κ3) is 2.48. The van der Waals surface area contributed by atoms with E-state index in [2.05, 4.69) is 26.1 Å². The Balaban J connectivity index is 2.06. The summed E-state index contributed by atoms with van der Waals surface area (Å²) < 4.78 is 0. The minimum Gasteiger partial charge on any atom is -0.317 e. The quantitative estimate of drug-likeness (QED) is 0.657. The van der Waals surface area contributed by atoms with Gasteiger partial charge in [0.25, 0.3) is 0 Å². The summed E-state index contributed by atoms with van der Waals surface area (Å²) in [6.45, 7) is 7.01. The molecule has 0 bridgehead atoms. The molecule has 11 heavy (non-hydrogen) atoms. The number of hydrogen-bond acceptors (Lipinski definition) is 1. The first-order valence-corrected chi connectivity index (χ1v) is 4.73. The minimum absolute atomic E-state index is 0.674. The molecule has 0 aromatic rings. The molecule has 1 fully saturated rings. The molecule has 1 nitrogen and oxygen atoms in total. The van der Waals surface area contributed by atoms with Crippen LogP contribution in [0.2, 0.25) is 0 Å². The van der Waals surface area contributed by atoms with Crippen molar-refractivity contribution in [3.63, 3.8) is 0 Å². The van der Waals surface area contributed by atoms with Crippen LogP contribution in [0.1, 0.15) is 40.0 Å². The Kier molecular flexibility index (Phi) is 2.58. The van der Waals surface area contributed by atoms with Crippen molar-refractivity contribution in [3.05, 3.63) is 0 Å². The van der Waals surface area contributed by atoms with Gasteiger partial charge in [-0.25, -0.2) is 0 Å². The van der Waals surface area contributed by atoms with Gasteiger partial charge in [-0.15, -0.1) is 0 Å². The largest absolute Gasteiger partial charge is 0.317 e. The lowest BCUT2D eigenvalue weighted by atomic mass is 10.0. The van der Waals surface area contributed by atoms with Gasteiger partial charge in [0.05, 0.1) is 0 Å². The highest BCUT2D eigenvalue weighted by Crippen LogP contribution is 2.54.